The zero-order valence-electron chi connectivity index (χ0n) is 10.8. The highest BCUT2D eigenvalue weighted by atomic mass is 79.9. The second kappa shape index (κ2) is 6.47. The summed E-state index contributed by atoms with van der Waals surface area (Å²) in [6, 6.07) is 6.04. The van der Waals surface area contributed by atoms with E-state index >= 15 is 0 Å². The van der Waals surface area contributed by atoms with E-state index in [4.69, 9.17) is 0 Å². The smallest absolute Gasteiger partial charge is 0.257 e. The summed E-state index contributed by atoms with van der Waals surface area (Å²) >= 11 is 3.07. The van der Waals surface area contributed by atoms with E-state index in [0.29, 0.717) is 28.0 Å². The Hall–Kier alpha value is -1.95. The van der Waals surface area contributed by atoms with Gasteiger partial charge in [-0.25, -0.2) is 4.39 Å². The van der Waals surface area contributed by atoms with Crippen molar-refractivity contribution in [3.8, 4) is 0 Å². The summed E-state index contributed by atoms with van der Waals surface area (Å²) in [4.78, 5) is 16.2. The Bertz CT molecular complexity index is 634. The van der Waals surface area contributed by atoms with Crippen LogP contribution in [0.15, 0.2) is 41.1 Å². The number of anilines is 2. The monoisotopic (exact) mass is 337 g/mol. The number of amides is 1. The van der Waals surface area contributed by atoms with Gasteiger partial charge in [-0.05, 0) is 47.1 Å². The van der Waals surface area contributed by atoms with Crippen LogP contribution >= 0.6 is 15.9 Å². The zero-order valence-corrected chi connectivity index (χ0v) is 12.4. The van der Waals surface area contributed by atoms with Gasteiger partial charge in [-0.3, -0.25) is 9.78 Å². The quantitative estimate of drug-likeness (QED) is 0.894. The molecule has 0 spiro atoms. The number of aromatic nitrogens is 1. The summed E-state index contributed by atoms with van der Waals surface area (Å²) in [5.41, 5.74) is 1.50. The molecule has 0 bridgehead atoms. The largest absolute Gasteiger partial charge is 0.383 e. The zero-order chi connectivity index (χ0) is 14.5. The number of carbonyl (C=O) groups excluding carboxylic acids is 1. The standard InChI is InChI=1S/C14H13BrFN3O/c1-2-18-13-8-17-6-5-10(13)14(20)19-9-3-4-11(15)12(16)7-9/h3-8,18H,2H2,1H3,(H,19,20). The number of hydrogen-bond acceptors (Lipinski definition) is 3. The fourth-order valence-electron chi connectivity index (χ4n) is 1.70. The van der Waals surface area contributed by atoms with Crippen LogP contribution in [0.4, 0.5) is 15.8 Å². The number of benzene rings is 1. The first-order chi connectivity index (χ1) is 9.61. The van der Waals surface area contributed by atoms with Crippen molar-refractivity contribution >= 4 is 33.2 Å². The van der Waals surface area contributed by atoms with Crippen molar-refractivity contribution in [3.05, 3.63) is 52.5 Å². The molecule has 1 aromatic heterocycles. The van der Waals surface area contributed by atoms with E-state index in [1.807, 2.05) is 6.92 Å². The number of rotatable bonds is 4. The maximum atomic E-state index is 13.4. The molecule has 0 aliphatic heterocycles. The number of pyridine rings is 1. The van der Waals surface area contributed by atoms with Gasteiger partial charge in [0.2, 0.25) is 0 Å². The van der Waals surface area contributed by atoms with Crippen molar-refractivity contribution in [1.29, 1.82) is 0 Å². The van der Waals surface area contributed by atoms with E-state index < -0.39 is 5.82 Å². The van der Waals surface area contributed by atoms with Crippen LogP contribution in [0, 0.1) is 5.82 Å². The third-order valence-corrected chi connectivity index (χ3v) is 3.25. The molecule has 1 heterocycles. The van der Waals surface area contributed by atoms with Gasteiger partial charge in [-0.1, -0.05) is 0 Å². The lowest BCUT2D eigenvalue weighted by Gasteiger charge is -2.10. The van der Waals surface area contributed by atoms with Gasteiger partial charge in [0.05, 0.1) is 21.9 Å². The molecule has 6 heteroatoms. The molecule has 0 saturated heterocycles. The van der Waals surface area contributed by atoms with Gasteiger partial charge in [0.1, 0.15) is 5.82 Å². The highest BCUT2D eigenvalue weighted by molar-refractivity contribution is 9.10. The molecule has 0 unspecified atom stereocenters. The van der Waals surface area contributed by atoms with E-state index in [2.05, 4.69) is 31.5 Å². The number of hydrogen-bond donors (Lipinski definition) is 2. The fraction of sp³-hybridized carbons (Fsp3) is 0.143. The predicted molar refractivity (Wildman–Crippen MR) is 80.5 cm³/mol. The maximum absolute atomic E-state index is 13.4. The molecule has 4 nitrogen and oxygen atoms in total. The minimum absolute atomic E-state index is 0.315. The number of halogens is 2. The SMILES string of the molecule is CCNc1cnccc1C(=O)Nc1ccc(Br)c(F)c1. The molecule has 20 heavy (non-hydrogen) atoms. The van der Waals surface area contributed by atoms with Crippen LogP contribution in [0.25, 0.3) is 0 Å². The molecule has 1 amide bonds. The highest BCUT2D eigenvalue weighted by Gasteiger charge is 2.12. The Labute approximate surface area is 124 Å². The van der Waals surface area contributed by atoms with Crippen molar-refractivity contribution in [3.63, 3.8) is 0 Å². The average Bonchev–Trinajstić information content (AvgIpc) is 2.44. The van der Waals surface area contributed by atoms with Crippen molar-refractivity contribution in [2.75, 3.05) is 17.2 Å². The molecule has 0 aliphatic carbocycles. The number of nitrogens with one attached hydrogen (secondary N) is 2. The lowest BCUT2D eigenvalue weighted by Crippen LogP contribution is -2.15. The molecular weight excluding hydrogens is 325 g/mol. The van der Waals surface area contributed by atoms with Gasteiger partial charge in [-0.2, -0.15) is 0 Å². The molecule has 2 aromatic rings. The van der Waals surface area contributed by atoms with Crippen molar-refractivity contribution in [2.24, 2.45) is 0 Å². The topological polar surface area (TPSA) is 54.0 Å². The first-order valence-corrected chi connectivity index (χ1v) is 6.85. The maximum Gasteiger partial charge on any atom is 0.257 e. The van der Waals surface area contributed by atoms with Gasteiger partial charge in [0.15, 0.2) is 0 Å². The van der Waals surface area contributed by atoms with Gasteiger partial charge < -0.3 is 10.6 Å². The second-order valence-corrected chi connectivity index (χ2v) is 4.89. The minimum Gasteiger partial charge on any atom is -0.383 e. The Kier molecular flexibility index (Phi) is 4.68. The van der Waals surface area contributed by atoms with E-state index in [9.17, 15) is 9.18 Å². The Morgan fingerprint density at radius 2 is 2.20 bits per heavy atom. The lowest BCUT2D eigenvalue weighted by molar-refractivity contribution is 0.102. The normalized spacial score (nSPS) is 10.2. The van der Waals surface area contributed by atoms with E-state index in [0.717, 1.165) is 0 Å². The number of nitrogens with zero attached hydrogens (tertiary/aromatic N) is 1. The summed E-state index contributed by atoms with van der Waals surface area (Å²) in [6.45, 7) is 2.61. The number of carbonyl (C=O) groups is 1. The average molecular weight is 338 g/mol. The molecule has 0 aliphatic rings. The van der Waals surface area contributed by atoms with Crippen LogP contribution in [0.2, 0.25) is 0 Å². The summed E-state index contributed by atoms with van der Waals surface area (Å²) < 4.78 is 13.8. The molecule has 104 valence electrons. The Morgan fingerprint density at radius 3 is 2.90 bits per heavy atom. The minimum atomic E-state index is -0.426. The molecule has 0 atom stereocenters. The summed E-state index contributed by atoms with van der Waals surface area (Å²) in [6.07, 6.45) is 3.12. The Balaban J connectivity index is 2.21. The van der Waals surface area contributed by atoms with Gasteiger partial charge in [0.25, 0.3) is 5.91 Å². The molecular formula is C14H13BrFN3O. The summed E-state index contributed by atoms with van der Waals surface area (Å²) in [5, 5.41) is 5.72. The highest BCUT2D eigenvalue weighted by Crippen LogP contribution is 2.21. The first kappa shape index (κ1) is 14.5. The van der Waals surface area contributed by atoms with E-state index in [1.54, 1.807) is 24.4 Å². The van der Waals surface area contributed by atoms with Crippen LogP contribution in [0.1, 0.15) is 17.3 Å². The van der Waals surface area contributed by atoms with E-state index in [1.165, 1.54) is 12.3 Å². The van der Waals surface area contributed by atoms with Crippen LogP contribution in [0.5, 0.6) is 0 Å². The van der Waals surface area contributed by atoms with Gasteiger partial charge >= 0.3 is 0 Å². The van der Waals surface area contributed by atoms with Crippen LogP contribution < -0.4 is 10.6 Å². The third kappa shape index (κ3) is 3.33. The fourth-order valence-corrected chi connectivity index (χ4v) is 1.94. The summed E-state index contributed by atoms with van der Waals surface area (Å²) in [7, 11) is 0. The molecule has 0 radical (unpaired) electrons. The van der Waals surface area contributed by atoms with Crippen LogP contribution in [0.3, 0.4) is 0 Å². The predicted octanol–water partition coefficient (Wildman–Crippen LogP) is 3.67. The second-order valence-electron chi connectivity index (χ2n) is 4.03. The Morgan fingerprint density at radius 1 is 1.40 bits per heavy atom. The molecule has 1 aromatic carbocycles. The van der Waals surface area contributed by atoms with Crippen LogP contribution in [-0.2, 0) is 0 Å². The van der Waals surface area contributed by atoms with Crippen molar-refractivity contribution in [1.82, 2.24) is 4.98 Å². The molecule has 2 rings (SSSR count). The van der Waals surface area contributed by atoms with Crippen molar-refractivity contribution in [2.45, 2.75) is 6.92 Å². The first-order valence-electron chi connectivity index (χ1n) is 6.06. The molecule has 2 N–H and O–H groups in total. The van der Waals surface area contributed by atoms with Gasteiger partial charge in [0, 0.05) is 18.4 Å². The molecule has 0 saturated carbocycles. The van der Waals surface area contributed by atoms with E-state index in [-0.39, 0.29) is 5.91 Å². The molecule has 0 fully saturated rings. The van der Waals surface area contributed by atoms with Crippen molar-refractivity contribution < 1.29 is 9.18 Å². The summed E-state index contributed by atoms with van der Waals surface area (Å²) in [5.74, 6) is -0.741. The third-order valence-electron chi connectivity index (χ3n) is 2.61. The van der Waals surface area contributed by atoms with Crippen LogP contribution in [-0.4, -0.2) is 17.4 Å². The van der Waals surface area contributed by atoms with Gasteiger partial charge in [-0.15, -0.1) is 0 Å². The lowest BCUT2D eigenvalue weighted by atomic mass is 10.2.